The Morgan fingerprint density at radius 3 is 2.35 bits per heavy atom. The number of nitrogens with zero attached hydrogens (tertiary/aromatic N) is 1. The van der Waals surface area contributed by atoms with E-state index in [1.165, 1.54) is 0 Å². The van der Waals surface area contributed by atoms with E-state index in [2.05, 4.69) is 32.6 Å². The van der Waals surface area contributed by atoms with Crippen LogP contribution < -0.4 is 0 Å². The average Bonchev–Trinajstić information content (AvgIpc) is 2.39. The van der Waals surface area contributed by atoms with Crippen molar-refractivity contribution < 1.29 is 4.79 Å². The molecule has 0 bridgehead atoms. The number of carbonyl (C=O) groups is 1. The molecule has 0 saturated carbocycles. The number of carbonyl (C=O) groups excluding carboxylic acids is 1. The lowest BCUT2D eigenvalue weighted by atomic mass is 10.0. The van der Waals surface area contributed by atoms with Gasteiger partial charge in [-0.3, -0.25) is 9.69 Å². The van der Waals surface area contributed by atoms with Gasteiger partial charge in [0, 0.05) is 18.2 Å². The van der Waals surface area contributed by atoms with E-state index < -0.39 is 0 Å². The highest BCUT2D eigenvalue weighted by molar-refractivity contribution is 5.97. The van der Waals surface area contributed by atoms with Crippen LogP contribution in [0, 0.1) is 12.8 Å². The fraction of sp³-hybridized carbons (Fsp3) is 0.611. The quantitative estimate of drug-likeness (QED) is 0.658. The Balaban J connectivity index is 2.80. The second kappa shape index (κ2) is 8.21. The zero-order valence-corrected chi connectivity index (χ0v) is 13.6. The van der Waals surface area contributed by atoms with Crippen LogP contribution in [0.25, 0.3) is 0 Å². The van der Waals surface area contributed by atoms with Crippen LogP contribution in [-0.2, 0) is 0 Å². The van der Waals surface area contributed by atoms with Gasteiger partial charge in [-0.2, -0.15) is 0 Å². The molecule has 0 atom stereocenters. The van der Waals surface area contributed by atoms with Crippen molar-refractivity contribution in [1.29, 1.82) is 0 Å². The van der Waals surface area contributed by atoms with E-state index >= 15 is 0 Å². The smallest absolute Gasteiger partial charge is 0.176 e. The van der Waals surface area contributed by atoms with Crippen molar-refractivity contribution in [2.45, 2.75) is 53.5 Å². The van der Waals surface area contributed by atoms with E-state index in [0.29, 0.717) is 18.5 Å². The minimum Gasteiger partial charge on any atom is -0.293 e. The molecule has 112 valence electrons. The number of ketones is 1. The van der Waals surface area contributed by atoms with Crippen molar-refractivity contribution in [3.8, 4) is 0 Å². The Bertz CT molecular complexity index is 421. The van der Waals surface area contributed by atoms with Gasteiger partial charge in [0.2, 0.25) is 0 Å². The molecule has 0 fully saturated rings. The number of rotatable bonds is 8. The maximum absolute atomic E-state index is 12.5. The molecule has 0 aliphatic carbocycles. The Labute approximate surface area is 124 Å². The molecule has 0 unspecified atom stereocenters. The first-order valence-electron chi connectivity index (χ1n) is 7.81. The molecule has 1 rings (SSSR count). The number of aryl methyl sites for hydroxylation is 1. The summed E-state index contributed by atoms with van der Waals surface area (Å²) in [7, 11) is 0. The summed E-state index contributed by atoms with van der Waals surface area (Å²) in [5, 5.41) is 0. The SMILES string of the molecule is CCC(CC)N(CC(=O)c1cccc(C)c1)CC(C)C. The van der Waals surface area contributed by atoms with Gasteiger partial charge in [0.05, 0.1) is 6.54 Å². The van der Waals surface area contributed by atoms with Crippen molar-refractivity contribution in [3.05, 3.63) is 35.4 Å². The summed E-state index contributed by atoms with van der Waals surface area (Å²) in [5.41, 5.74) is 1.98. The molecule has 0 aliphatic heterocycles. The van der Waals surface area contributed by atoms with Gasteiger partial charge >= 0.3 is 0 Å². The fourth-order valence-corrected chi connectivity index (χ4v) is 2.71. The fourth-order valence-electron chi connectivity index (χ4n) is 2.71. The summed E-state index contributed by atoms with van der Waals surface area (Å²) in [6, 6.07) is 8.42. The van der Waals surface area contributed by atoms with Crippen molar-refractivity contribution in [2.24, 2.45) is 5.92 Å². The summed E-state index contributed by atoms with van der Waals surface area (Å²) in [5.74, 6) is 0.821. The van der Waals surface area contributed by atoms with Crippen LogP contribution in [0.5, 0.6) is 0 Å². The van der Waals surface area contributed by atoms with Crippen molar-refractivity contribution in [1.82, 2.24) is 4.90 Å². The molecule has 0 aromatic heterocycles. The Morgan fingerprint density at radius 2 is 1.85 bits per heavy atom. The molecule has 2 nitrogen and oxygen atoms in total. The number of benzene rings is 1. The third kappa shape index (κ3) is 5.09. The van der Waals surface area contributed by atoms with Gasteiger partial charge in [0.1, 0.15) is 0 Å². The molecule has 0 saturated heterocycles. The lowest BCUT2D eigenvalue weighted by molar-refractivity contribution is 0.0866. The molecular weight excluding hydrogens is 246 g/mol. The highest BCUT2D eigenvalue weighted by Gasteiger charge is 2.20. The van der Waals surface area contributed by atoms with Gasteiger partial charge in [-0.1, -0.05) is 51.5 Å². The number of Topliss-reactive ketones (excluding diaryl/α,β-unsaturated/α-hetero) is 1. The summed E-state index contributed by atoms with van der Waals surface area (Å²) in [6.07, 6.45) is 2.20. The molecule has 0 aliphatic rings. The summed E-state index contributed by atoms with van der Waals surface area (Å²) in [4.78, 5) is 14.8. The zero-order valence-electron chi connectivity index (χ0n) is 13.6. The van der Waals surface area contributed by atoms with Crippen molar-refractivity contribution in [3.63, 3.8) is 0 Å². The average molecular weight is 275 g/mol. The maximum atomic E-state index is 12.5. The Kier molecular flexibility index (Phi) is 6.94. The van der Waals surface area contributed by atoms with Crippen LogP contribution in [-0.4, -0.2) is 29.8 Å². The molecular formula is C18H29NO. The Hall–Kier alpha value is -1.15. The lowest BCUT2D eigenvalue weighted by Gasteiger charge is -2.31. The third-order valence-corrected chi connectivity index (χ3v) is 3.75. The predicted molar refractivity (Wildman–Crippen MR) is 86.3 cm³/mol. The lowest BCUT2D eigenvalue weighted by Crippen LogP contribution is -2.40. The van der Waals surface area contributed by atoms with E-state index in [1.807, 2.05) is 31.2 Å². The summed E-state index contributed by atoms with van der Waals surface area (Å²) in [6.45, 7) is 12.4. The van der Waals surface area contributed by atoms with E-state index in [4.69, 9.17) is 0 Å². The minimum absolute atomic E-state index is 0.237. The monoisotopic (exact) mass is 275 g/mol. The van der Waals surface area contributed by atoms with Gasteiger partial charge in [0.15, 0.2) is 5.78 Å². The van der Waals surface area contributed by atoms with Crippen molar-refractivity contribution in [2.75, 3.05) is 13.1 Å². The van der Waals surface area contributed by atoms with Gasteiger partial charge in [-0.05, 0) is 31.7 Å². The highest BCUT2D eigenvalue weighted by atomic mass is 16.1. The van der Waals surface area contributed by atoms with E-state index in [-0.39, 0.29) is 5.78 Å². The van der Waals surface area contributed by atoms with Gasteiger partial charge in [-0.25, -0.2) is 0 Å². The molecule has 1 aromatic carbocycles. The van der Waals surface area contributed by atoms with Crippen LogP contribution in [0.1, 0.15) is 56.5 Å². The first-order chi connectivity index (χ1) is 9.47. The van der Waals surface area contributed by atoms with Crippen molar-refractivity contribution >= 4 is 5.78 Å². The van der Waals surface area contributed by atoms with Gasteiger partial charge in [-0.15, -0.1) is 0 Å². The van der Waals surface area contributed by atoms with Crippen LogP contribution >= 0.6 is 0 Å². The molecule has 0 amide bonds. The highest BCUT2D eigenvalue weighted by Crippen LogP contribution is 2.13. The molecule has 0 heterocycles. The van der Waals surface area contributed by atoms with Crippen LogP contribution in [0.2, 0.25) is 0 Å². The minimum atomic E-state index is 0.237. The van der Waals surface area contributed by atoms with Crippen LogP contribution in [0.15, 0.2) is 24.3 Å². The maximum Gasteiger partial charge on any atom is 0.176 e. The van der Waals surface area contributed by atoms with E-state index in [1.54, 1.807) is 0 Å². The Morgan fingerprint density at radius 1 is 1.20 bits per heavy atom. The molecule has 0 N–H and O–H groups in total. The second-order valence-electron chi connectivity index (χ2n) is 6.09. The molecule has 0 spiro atoms. The largest absolute Gasteiger partial charge is 0.293 e. The van der Waals surface area contributed by atoms with Crippen LogP contribution in [0.3, 0.4) is 0 Å². The molecule has 0 radical (unpaired) electrons. The molecule has 20 heavy (non-hydrogen) atoms. The van der Waals surface area contributed by atoms with Gasteiger partial charge < -0.3 is 0 Å². The zero-order chi connectivity index (χ0) is 15.1. The van der Waals surface area contributed by atoms with E-state index in [0.717, 1.165) is 30.5 Å². The first-order valence-corrected chi connectivity index (χ1v) is 7.81. The standard InChI is InChI=1S/C18H29NO/c1-6-17(7-2)19(12-14(3)4)13-18(20)16-10-8-9-15(5)11-16/h8-11,14,17H,6-7,12-13H2,1-5H3. The predicted octanol–water partition coefficient (Wildman–Crippen LogP) is 4.32. The van der Waals surface area contributed by atoms with Crippen LogP contribution in [0.4, 0.5) is 0 Å². The third-order valence-electron chi connectivity index (χ3n) is 3.75. The molecule has 2 heteroatoms. The number of hydrogen-bond donors (Lipinski definition) is 0. The summed E-state index contributed by atoms with van der Waals surface area (Å²) >= 11 is 0. The topological polar surface area (TPSA) is 20.3 Å². The van der Waals surface area contributed by atoms with Gasteiger partial charge in [0.25, 0.3) is 0 Å². The molecule has 1 aromatic rings. The van der Waals surface area contributed by atoms with E-state index in [9.17, 15) is 4.79 Å². The summed E-state index contributed by atoms with van der Waals surface area (Å²) < 4.78 is 0. The number of hydrogen-bond acceptors (Lipinski definition) is 2. The first kappa shape index (κ1) is 16.9. The second-order valence-corrected chi connectivity index (χ2v) is 6.09. The normalized spacial score (nSPS) is 11.6.